The zero-order chi connectivity index (χ0) is 25.2. The number of pyridine rings is 1. The van der Waals surface area contributed by atoms with Gasteiger partial charge in [-0.15, -0.1) is 0 Å². The van der Waals surface area contributed by atoms with Gasteiger partial charge in [0.05, 0.1) is 28.4 Å². The summed E-state index contributed by atoms with van der Waals surface area (Å²) in [5.74, 6) is 0.607. The van der Waals surface area contributed by atoms with Crippen molar-refractivity contribution in [3.05, 3.63) is 69.1 Å². The van der Waals surface area contributed by atoms with Crippen LogP contribution < -0.4 is 15.6 Å². The molecule has 36 heavy (non-hydrogen) atoms. The van der Waals surface area contributed by atoms with Gasteiger partial charge < -0.3 is 15.0 Å². The van der Waals surface area contributed by atoms with Crippen molar-refractivity contribution in [1.82, 2.24) is 20.1 Å². The number of hydrogen-bond acceptors (Lipinski definition) is 4. The maximum Gasteiger partial charge on any atom is 0.260 e. The Balaban J connectivity index is 1.67. The summed E-state index contributed by atoms with van der Waals surface area (Å²) in [7, 11) is 0. The van der Waals surface area contributed by atoms with Crippen LogP contribution in [0.5, 0.6) is 5.75 Å². The molecule has 1 saturated heterocycles. The number of aromatic amines is 1. The van der Waals surface area contributed by atoms with Crippen LogP contribution in [0, 0.1) is 13.8 Å². The highest BCUT2D eigenvalue weighted by Gasteiger charge is 2.21. The van der Waals surface area contributed by atoms with Crippen LogP contribution in [0.4, 0.5) is 0 Å². The molecule has 2 aromatic heterocycles. The average Bonchev–Trinajstić information content (AvgIpc) is 3.32. The number of ether oxygens (including phenoxy) is 1. The first-order chi connectivity index (χ1) is 17.4. The number of halogens is 1. The Morgan fingerprint density at radius 3 is 2.67 bits per heavy atom. The van der Waals surface area contributed by atoms with Gasteiger partial charge in [-0.1, -0.05) is 47.3 Å². The number of aryl methyl sites for hydroxylation is 3. The fourth-order valence-corrected chi connectivity index (χ4v) is 5.56. The van der Waals surface area contributed by atoms with Gasteiger partial charge in [-0.05, 0) is 70.3 Å². The van der Waals surface area contributed by atoms with Crippen molar-refractivity contribution in [3.8, 4) is 28.1 Å². The standard InChI is InChI=1S/C29H33ClN4O2/c1-4-34-26(8-11-32-34)22-16-23-25(17-24(22)30)33-29(35)27(20-14-18(2)13-19(3)15-20)28(23)36-12-9-21-7-5-6-10-31-21/h8,11,13-17,21,31H,4-7,9-10,12H2,1-3H3,(H,33,35)/t21-/m0/s1. The van der Waals surface area contributed by atoms with Gasteiger partial charge in [-0.3, -0.25) is 9.48 Å². The molecule has 0 spiro atoms. The highest BCUT2D eigenvalue weighted by atomic mass is 35.5. The SMILES string of the molecule is CCn1nccc1-c1cc2c(OCC[C@@H]3CCCCN3)c(-c3cc(C)cc(C)c3)c(=O)[nH]c2cc1Cl. The number of nitrogens with zero attached hydrogens (tertiary/aromatic N) is 2. The van der Waals surface area contributed by atoms with E-state index in [1.54, 1.807) is 6.20 Å². The van der Waals surface area contributed by atoms with E-state index in [0.717, 1.165) is 59.3 Å². The molecule has 1 fully saturated rings. The van der Waals surface area contributed by atoms with E-state index in [-0.39, 0.29) is 5.56 Å². The van der Waals surface area contributed by atoms with Crippen molar-refractivity contribution in [1.29, 1.82) is 0 Å². The third-order valence-electron chi connectivity index (χ3n) is 6.98. The normalized spacial score (nSPS) is 15.9. The number of aromatic nitrogens is 3. The zero-order valence-electron chi connectivity index (χ0n) is 21.2. The number of nitrogens with one attached hydrogen (secondary N) is 2. The minimum atomic E-state index is -0.180. The molecule has 2 aromatic carbocycles. The molecule has 7 heteroatoms. The molecule has 1 aliphatic heterocycles. The Kier molecular flexibility index (Phi) is 7.17. The second kappa shape index (κ2) is 10.5. The van der Waals surface area contributed by atoms with Crippen molar-refractivity contribution in [2.24, 2.45) is 0 Å². The molecule has 1 aliphatic rings. The minimum absolute atomic E-state index is 0.180. The number of H-pyrrole nitrogens is 1. The Morgan fingerprint density at radius 1 is 1.14 bits per heavy atom. The number of piperidine rings is 1. The van der Waals surface area contributed by atoms with Gasteiger partial charge in [0.2, 0.25) is 0 Å². The summed E-state index contributed by atoms with van der Waals surface area (Å²) in [5, 5.41) is 9.40. The van der Waals surface area contributed by atoms with Crippen molar-refractivity contribution >= 4 is 22.5 Å². The summed E-state index contributed by atoms with van der Waals surface area (Å²) >= 11 is 6.72. The first-order valence-electron chi connectivity index (χ1n) is 12.8. The summed E-state index contributed by atoms with van der Waals surface area (Å²) in [6.45, 7) is 8.46. The predicted octanol–water partition coefficient (Wildman–Crippen LogP) is 6.26. The van der Waals surface area contributed by atoms with Gasteiger partial charge >= 0.3 is 0 Å². The fourth-order valence-electron chi connectivity index (χ4n) is 5.30. The third-order valence-corrected chi connectivity index (χ3v) is 7.29. The van der Waals surface area contributed by atoms with E-state index in [1.807, 2.05) is 48.9 Å². The molecule has 1 atom stereocenters. The van der Waals surface area contributed by atoms with Crippen molar-refractivity contribution < 1.29 is 4.74 Å². The quantitative estimate of drug-likeness (QED) is 0.311. The number of hydrogen-bond donors (Lipinski definition) is 2. The van der Waals surface area contributed by atoms with Crippen LogP contribution in [0.3, 0.4) is 0 Å². The maximum atomic E-state index is 13.5. The molecule has 0 unspecified atom stereocenters. The third kappa shape index (κ3) is 4.93. The highest BCUT2D eigenvalue weighted by molar-refractivity contribution is 6.34. The van der Waals surface area contributed by atoms with E-state index >= 15 is 0 Å². The van der Waals surface area contributed by atoms with Crippen LogP contribution in [-0.4, -0.2) is 34.0 Å². The minimum Gasteiger partial charge on any atom is -0.492 e. The lowest BCUT2D eigenvalue weighted by Crippen LogP contribution is -2.35. The largest absolute Gasteiger partial charge is 0.492 e. The van der Waals surface area contributed by atoms with E-state index in [2.05, 4.69) is 28.4 Å². The second-order valence-electron chi connectivity index (χ2n) is 9.73. The van der Waals surface area contributed by atoms with E-state index in [4.69, 9.17) is 16.3 Å². The summed E-state index contributed by atoms with van der Waals surface area (Å²) < 4.78 is 8.43. The van der Waals surface area contributed by atoms with Crippen LogP contribution in [0.25, 0.3) is 33.3 Å². The summed E-state index contributed by atoms with van der Waals surface area (Å²) in [5.41, 5.74) is 5.90. The molecule has 0 radical (unpaired) electrons. The molecule has 0 aliphatic carbocycles. The fraction of sp³-hybridized carbons (Fsp3) is 0.379. The monoisotopic (exact) mass is 504 g/mol. The van der Waals surface area contributed by atoms with Crippen molar-refractivity contribution in [2.75, 3.05) is 13.2 Å². The van der Waals surface area contributed by atoms with Crippen molar-refractivity contribution in [2.45, 2.75) is 59.0 Å². The predicted molar refractivity (Wildman–Crippen MR) is 147 cm³/mol. The van der Waals surface area contributed by atoms with E-state index < -0.39 is 0 Å². The van der Waals surface area contributed by atoms with Gasteiger partial charge in [-0.25, -0.2) is 0 Å². The van der Waals surface area contributed by atoms with Crippen LogP contribution >= 0.6 is 11.6 Å². The molecule has 3 heterocycles. The van der Waals surface area contributed by atoms with Crippen molar-refractivity contribution in [3.63, 3.8) is 0 Å². The molecule has 2 N–H and O–H groups in total. The highest BCUT2D eigenvalue weighted by Crippen LogP contribution is 2.39. The van der Waals surface area contributed by atoms with Crippen LogP contribution in [-0.2, 0) is 6.54 Å². The molecule has 0 saturated carbocycles. The lowest BCUT2D eigenvalue weighted by Gasteiger charge is -2.24. The Labute approximate surface area is 216 Å². The molecule has 6 nitrogen and oxygen atoms in total. The Bertz CT molecular complexity index is 1430. The summed E-state index contributed by atoms with van der Waals surface area (Å²) in [4.78, 5) is 16.5. The summed E-state index contributed by atoms with van der Waals surface area (Å²) in [6.07, 6.45) is 6.30. The average molecular weight is 505 g/mol. The first kappa shape index (κ1) is 24.6. The smallest absolute Gasteiger partial charge is 0.260 e. The van der Waals surface area contributed by atoms with Crippen LogP contribution in [0.1, 0.15) is 43.7 Å². The summed E-state index contributed by atoms with van der Waals surface area (Å²) in [6, 6.07) is 12.4. The Hall–Kier alpha value is -3.09. The van der Waals surface area contributed by atoms with Gasteiger partial charge in [0, 0.05) is 29.7 Å². The van der Waals surface area contributed by atoms with Gasteiger partial charge in [0.25, 0.3) is 5.56 Å². The molecular weight excluding hydrogens is 472 g/mol. The Morgan fingerprint density at radius 2 is 1.94 bits per heavy atom. The maximum absolute atomic E-state index is 13.5. The number of rotatable bonds is 7. The van der Waals surface area contributed by atoms with Crippen LogP contribution in [0.15, 0.2) is 47.4 Å². The van der Waals surface area contributed by atoms with E-state index in [1.165, 1.54) is 12.8 Å². The zero-order valence-corrected chi connectivity index (χ0v) is 21.9. The van der Waals surface area contributed by atoms with Gasteiger partial charge in [0.1, 0.15) is 5.75 Å². The number of fused-ring (bicyclic) bond motifs is 1. The second-order valence-corrected chi connectivity index (χ2v) is 10.1. The number of benzene rings is 2. The van der Waals surface area contributed by atoms with Gasteiger partial charge in [0.15, 0.2) is 0 Å². The molecule has 4 aromatic rings. The molecule has 0 bridgehead atoms. The molecule has 0 amide bonds. The molecule has 188 valence electrons. The molecule has 5 rings (SSSR count). The molecular formula is C29H33ClN4O2. The topological polar surface area (TPSA) is 71.9 Å². The van der Waals surface area contributed by atoms with Crippen LogP contribution in [0.2, 0.25) is 5.02 Å². The first-order valence-corrected chi connectivity index (χ1v) is 13.2. The van der Waals surface area contributed by atoms with Gasteiger partial charge in [-0.2, -0.15) is 5.10 Å². The van der Waals surface area contributed by atoms with E-state index in [0.29, 0.717) is 34.5 Å². The lowest BCUT2D eigenvalue weighted by molar-refractivity contribution is 0.271. The van der Waals surface area contributed by atoms with E-state index in [9.17, 15) is 4.79 Å². The lowest BCUT2D eigenvalue weighted by atomic mass is 9.98.